The number of halogens is 1. The highest BCUT2D eigenvalue weighted by Crippen LogP contribution is 2.32. The standard InChI is InChI=1S/C26H26FN7O2/c27-18-3-1-2-16(10-18)14-34-22-6-4-19(11-17(22)13-30-34)32-26-25-24(8-9-33(25)31-15-29-26)36-20-5-7-23(35)21(28)12-20/h1-4,6,8-11,13,15,20-21,23,35H,5,7,12,14,28H2,(H,29,31,32)/t20?,21-,23-/m1/s1. The molecule has 3 heterocycles. The highest BCUT2D eigenvalue weighted by atomic mass is 19.1. The molecule has 2 aromatic carbocycles. The minimum absolute atomic E-state index is 0.0806. The van der Waals surface area contributed by atoms with E-state index in [0.29, 0.717) is 31.0 Å². The van der Waals surface area contributed by atoms with E-state index in [1.54, 1.807) is 16.8 Å². The van der Waals surface area contributed by atoms with Crippen molar-refractivity contribution in [2.45, 2.75) is 44.1 Å². The third kappa shape index (κ3) is 4.36. The second kappa shape index (κ2) is 9.21. The van der Waals surface area contributed by atoms with Crippen LogP contribution in [-0.2, 0) is 6.54 Å². The van der Waals surface area contributed by atoms with Crippen LogP contribution in [0.1, 0.15) is 24.8 Å². The van der Waals surface area contributed by atoms with Gasteiger partial charge in [-0.15, -0.1) is 0 Å². The minimum atomic E-state index is -0.482. The molecule has 184 valence electrons. The van der Waals surface area contributed by atoms with Gasteiger partial charge in [-0.05, 0) is 48.7 Å². The van der Waals surface area contributed by atoms with E-state index in [4.69, 9.17) is 10.5 Å². The molecule has 0 aliphatic heterocycles. The van der Waals surface area contributed by atoms with Crippen LogP contribution in [0.4, 0.5) is 15.9 Å². The van der Waals surface area contributed by atoms with Gasteiger partial charge in [0.05, 0.1) is 24.4 Å². The molecule has 1 aliphatic rings. The first kappa shape index (κ1) is 22.4. The molecule has 3 aromatic heterocycles. The Kier molecular flexibility index (Phi) is 5.74. The molecule has 10 heteroatoms. The van der Waals surface area contributed by atoms with Crippen LogP contribution >= 0.6 is 0 Å². The number of fused-ring (bicyclic) bond motifs is 2. The Morgan fingerprint density at radius 1 is 1.14 bits per heavy atom. The first-order valence-corrected chi connectivity index (χ1v) is 11.9. The smallest absolute Gasteiger partial charge is 0.162 e. The van der Waals surface area contributed by atoms with Crippen molar-refractivity contribution in [1.29, 1.82) is 0 Å². The fourth-order valence-corrected chi connectivity index (χ4v) is 4.78. The molecule has 0 bridgehead atoms. The maximum Gasteiger partial charge on any atom is 0.162 e. The molecule has 1 fully saturated rings. The van der Waals surface area contributed by atoms with Gasteiger partial charge >= 0.3 is 0 Å². The van der Waals surface area contributed by atoms with Crippen molar-refractivity contribution in [3.05, 3.63) is 78.6 Å². The van der Waals surface area contributed by atoms with E-state index in [1.807, 2.05) is 41.2 Å². The van der Waals surface area contributed by atoms with Crippen molar-refractivity contribution < 1.29 is 14.2 Å². The third-order valence-corrected chi connectivity index (χ3v) is 6.65. The van der Waals surface area contributed by atoms with E-state index < -0.39 is 6.10 Å². The molecule has 4 N–H and O–H groups in total. The zero-order valence-electron chi connectivity index (χ0n) is 19.5. The molecule has 9 nitrogen and oxygen atoms in total. The summed E-state index contributed by atoms with van der Waals surface area (Å²) in [6, 6.07) is 14.0. The number of aliphatic hydroxyl groups excluding tert-OH is 1. The van der Waals surface area contributed by atoms with Gasteiger partial charge in [-0.3, -0.25) is 4.68 Å². The zero-order chi connectivity index (χ0) is 24.6. The number of hydrogen-bond donors (Lipinski definition) is 3. The van der Waals surface area contributed by atoms with Gasteiger partial charge in [0.25, 0.3) is 0 Å². The minimum Gasteiger partial charge on any atom is -0.488 e. The van der Waals surface area contributed by atoms with Crippen molar-refractivity contribution in [2.75, 3.05) is 5.32 Å². The maximum atomic E-state index is 13.6. The van der Waals surface area contributed by atoms with Gasteiger partial charge < -0.3 is 20.9 Å². The first-order valence-electron chi connectivity index (χ1n) is 11.9. The van der Waals surface area contributed by atoms with Crippen LogP contribution in [0.3, 0.4) is 0 Å². The second-order valence-corrected chi connectivity index (χ2v) is 9.20. The SMILES string of the molecule is N[C@@H]1CC(Oc2ccn3ncnc(Nc4ccc5c(cnn5Cc5cccc(F)c5)c4)c23)CC[C@H]1O. The number of nitrogens with zero attached hydrogens (tertiary/aromatic N) is 5. The zero-order valence-corrected chi connectivity index (χ0v) is 19.5. The molecule has 0 spiro atoms. The number of aliphatic hydroxyl groups is 1. The van der Waals surface area contributed by atoms with Crippen LogP contribution < -0.4 is 15.8 Å². The predicted octanol–water partition coefficient (Wildman–Crippen LogP) is 3.63. The van der Waals surface area contributed by atoms with Crippen LogP contribution in [0.15, 0.2) is 67.3 Å². The van der Waals surface area contributed by atoms with E-state index in [1.165, 1.54) is 18.5 Å². The Labute approximate surface area is 206 Å². The van der Waals surface area contributed by atoms with Gasteiger partial charge in [0.2, 0.25) is 0 Å². The van der Waals surface area contributed by atoms with Crippen LogP contribution in [-0.4, -0.2) is 47.7 Å². The molecular formula is C26H26FN7O2. The van der Waals surface area contributed by atoms with Gasteiger partial charge in [0.15, 0.2) is 11.6 Å². The number of anilines is 2. The Morgan fingerprint density at radius 3 is 2.92 bits per heavy atom. The molecule has 6 rings (SSSR count). The summed E-state index contributed by atoms with van der Waals surface area (Å²) >= 11 is 0. The van der Waals surface area contributed by atoms with Crippen molar-refractivity contribution in [2.24, 2.45) is 5.73 Å². The van der Waals surface area contributed by atoms with E-state index >= 15 is 0 Å². The Balaban J connectivity index is 1.25. The third-order valence-electron chi connectivity index (χ3n) is 6.65. The Bertz CT molecular complexity index is 1530. The summed E-state index contributed by atoms with van der Waals surface area (Å²) in [7, 11) is 0. The van der Waals surface area contributed by atoms with Gasteiger partial charge in [0.1, 0.15) is 23.8 Å². The van der Waals surface area contributed by atoms with Gasteiger partial charge in [-0.1, -0.05) is 12.1 Å². The number of nitrogens with one attached hydrogen (secondary N) is 1. The number of rotatable bonds is 6. The number of nitrogens with two attached hydrogens (primary N) is 1. The Morgan fingerprint density at radius 2 is 2.06 bits per heavy atom. The summed E-state index contributed by atoms with van der Waals surface area (Å²) < 4.78 is 23.4. The van der Waals surface area contributed by atoms with E-state index in [-0.39, 0.29) is 18.0 Å². The highest BCUT2D eigenvalue weighted by molar-refractivity contribution is 5.86. The van der Waals surface area contributed by atoms with Crippen molar-refractivity contribution in [3.8, 4) is 5.75 Å². The van der Waals surface area contributed by atoms with Gasteiger partial charge in [-0.2, -0.15) is 10.2 Å². The van der Waals surface area contributed by atoms with Crippen molar-refractivity contribution in [3.63, 3.8) is 0 Å². The first-order chi connectivity index (χ1) is 17.5. The normalized spacial score (nSPS) is 20.1. The number of ether oxygens (including phenoxy) is 1. The average molecular weight is 488 g/mol. The summed E-state index contributed by atoms with van der Waals surface area (Å²) in [5.74, 6) is 1.01. The highest BCUT2D eigenvalue weighted by Gasteiger charge is 2.28. The summed E-state index contributed by atoms with van der Waals surface area (Å²) in [5.41, 5.74) is 9.39. The molecule has 5 aromatic rings. The number of aromatic nitrogens is 5. The molecule has 3 atom stereocenters. The molecule has 1 unspecified atom stereocenters. The summed E-state index contributed by atoms with van der Waals surface area (Å²) in [5, 5.41) is 23.1. The fourth-order valence-electron chi connectivity index (χ4n) is 4.78. The summed E-state index contributed by atoms with van der Waals surface area (Å²) in [6.07, 6.45) is 6.49. The van der Waals surface area contributed by atoms with Crippen LogP contribution in [0.2, 0.25) is 0 Å². The lowest BCUT2D eigenvalue weighted by atomic mass is 9.91. The molecule has 1 saturated carbocycles. The molecule has 1 aliphatic carbocycles. The lowest BCUT2D eigenvalue weighted by Gasteiger charge is -2.31. The molecule has 0 saturated heterocycles. The van der Waals surface area contributed by atoms with Crippen LogP contribution in [0.25, 0.3) is 16.4 Å². The predicted molar refractivity (Wildman–Crippen MR) is 134 cm³/mol. The van der Waals surface area contributed by atoms with E-state index in [2.05, 4.69) is 20.5 Å². The van der Waals surface area contributed by atoms with Crippen molar-refractivity contribution in [1.82, 2.24) is 24.4 Å². The lowest BCUT2D eigenvalue weighted by molar-refractivity contribution is 0.0499. The number of benzene rings is 2. The van der Waals surface area contributed by atoms with E-state index in [9.17, 15) is 9.50 Å². The van der Waals surface area contributed by atoms with E-state index in [0.717, 1.165) is 34.1 Å². The average Bonchev–Trinajstić information content (AvgIpc) is 3.46. The topological polar surface area (TPSA) is 116 Å². The quantitative estimate of drug-likeness (QED) is 0.335. The molecule has 36 heavy (non-hydrogen) atoms. The molecular weight excluding hydrogens is 461 g/mol. The van der Waals surface area contributed by atoms with Gasteiger partial charge in [0, 0.05) is 35.8 Å². The molecule has 0 amide bonds. The lowest BCUT2D eigenvalue weighted by Crippen LogP contribution is -2.43. The number of hydrogen-bond acceptors (Lipinski definition) is 7. The summed E-state index contributed by atoms with van der Waals surface area (Å²) in [4.78, 5) is 4.46. The maximum absolute atomic E-state index is 13.6. The van der Waals surface area contributed by atoms with Crippen LogP contribution in [0.5, 0.6) is 5.75 Å². The largest absolute Gasteiger partial charge is 0.488 e. The fraction of sp³-hybridized carbons (Fsp3) is 0.269. The monoisotopic (exact) mass is 487 g/mol. The molecule has 0 radical (unpaired) electrons. The van der Waals surface area contributed by atoms with Crippen LogP contribution in [0, 0.1) is 5.82 Å². The second-order valence-electron chi connectivity index (χ2n) is 9.20. The van der Waals surface area contributed by atoms with Gasteiger partial charge in [-0.25, -0.2) is 13.9 Å². The summed E-state index contributed by atoms with van der Waals surface area (Å²) in [6.45, 7) is 0.479. The van der Waals surface area contributed by atoms with Crippen molar-refractivity contribution >= 4 is 27.9 Å². The Hall–Kier alpha value is -4.02.